The van der Waals surface area contributed by atoms with Crippen molar-refractivity contribution >= 4 is 5.96 Å². The standard InChI is InChI=1S/C21H25FN6O/c1-14-18(15(2)28(4)27-14)13-26-21(23-3)25-11-16-7-8-20(19(22)10-16)29-17-6-5-9-24-12-17/h5-10,12H,11,13H2,1-4H3,(H2,23,25,26). The van der Waals surface area contributed by atoms with Crippen molar-refractivity contribution in [2.45, 2.75) is 26.9 Å². The summed E-state index contributed by atoms with van der Waals surface area (Å²) in [5, 5.41) is 10.9. The monoisotopic (exact) mass is 396 g/mol. The van der Waals surface area contributed by atoms with E-state index in [2.05, 4.69) is 25.7 Å². The number of hydrogen-bond acceptors (Lipinski definition) is 4. The number of pyridine rings is 1. The molecular weight excluding hydrogens is 371 g/mol. The summed E-state index contributed by atoms with van der Waals surface area (Å²) >= 11 is 0. The molecule has 3 rings (SSSR count). The van der Waals surface area contributed by atoms with Gasteiger partial charge in [-0.3, -0.25) is 14.7 Å². The van der Waals surface area contributed by atoms with E-state index in [1.54, 1.807) is 31.4 Å². The van der Waals surface area contributed by atoms with Crippen LogP contribution in [0.25, 0.3) is 0 Å². The van der Waals surface area contributed by atoms with E-state index in [0.717, 1.165) is 22.5 Å². The third kappa shape index (κ3) is 5.10. The van der Waals surface area contributed by atoms with Gasteiger partial charge in [-0.1, -0.05) is 6.07 Å². The summed E-state index contributed by atoms with van der Waals surface area (Å²) in [7, 11) is 3.62. The summed E-state index contributed by atoms with van der Waals surface area (Å²) in [6.45, 7) is 5.05. The van der Waals surface area contributed by atoms with Gasteiger partial charge < -0.3 is 15.4 Å². The van der Waals surface area contributed by atoms with E-state index in [-0.39, 0.29) is 5.75 Å². The lowest BCUT2D eigenvalue weighted by atomic mass is 10.2. The highest BCUT2D eigenvalue weighted by atomic mass is 19.1. The lowest BCUT2D eigenvalue weighted by Gasteiger charge is -2.13. The lowest BCUT2D eigenvalue weighted by Crippen LogP contribution is -2.36. The van der Waals surface area contributed by atoms with E-state index >= 15 is 0 Å². The van der Waals surface area contributed by atoms with Gasteiger partial charge in [0.1, 0.15) is 5.75 Å². The topological polar surface area (TPSA) is 76.4 Å². The maximum atomic E-state index is 14.4. The Morgan fingerprint density at radius 2 is 2.00 bits per heavy atom. The van der Waals surface area contributed by atoms with Gasteiger partial charge in [0.15, 0.2) is 17.5 Å². The van der Waals surface area contributed by atoms with Crippen molar-refractivity contribution in [2.24, 2.45) is 12.0 Å². The fourth-order valence-corrected chi connectivity index (χ4v) is 2.92. The number of halogens is 1. The van der Waals surface area contributed by atoms with E-state index in [1.807, 2.05) is 31.6 Å². The summed E-state index contributed by atoms with van der Waals surface area (Å²) in [5.41, 5.74) is 4.01. The fraction of sp³-hybridized carbons (Fsp3) is 0.286. The SMILES string of the molecule is CN=C(NCc1ccc(Oc2cccnc2)c(F)c1)NCc1c(C)nn(C)c1C. The van der Waals surface area contributed by atoms with Crippen LogP contribution in [-0.4, -0.2) is 27.8 Å². The molecule has 2 heterocycles. The smallest absolute Gasteiger partial charge is 0.191 e. The van der Waals surface area contributed by atoms with Crippen molar-refractivity contribution in [3.63, 3.8) is 0 Å². The van der Waals surface area contributed by atoms with E-state index in [9.17, 15) is 4.39 Å². The Morgan fingerprint density at radius 3 is 2.62 bits per heavy atom. The molecule has 0 aliphatic carbocycles. The van der Waals surface area contributed by atoms with Gasteiger partial charge in [0.2, 0.25) is 0 Å². The number of nitrogens with zero attached hydrogens (tertiary/aromatic N) is 4. The van der Waals surface area contributed by atoms with Crippen molar-refractivity contribution in [3.8, 4) is 11.5 Å². The van der Waals surface area contributed by atoms with Crippen LogP contribution in [0.15, 0.2) is 47.7 Å². The van der Waals surface area contributed by atoms with Gasteiger partial charge in [-0.2, -0.15) is 5.10 Å². The van der Waals surface area contributed by atoms with Gasteiger partial charge in [0, 0.05) is 44.6 Å². The highest BCUT2D eigenvalue weighted by molar-refractivity contribution is 5.79. The van der Waals surface area contributed by atoms with Crippen molar-refractivity contribution in [2.75, 3.05) is 7.05 Å². The van der Waals surface area contributed by atoms with Gasteiger partial charge >= 0.3 is 0 Å². The average molecular weight is 396 g/mol. The first kappa shape index (κ1) is 20.3. The minimum Gasteiger partial charge on any atom is -0.453 e. The Bertz CT molecular complexity index is 1000. The molecule has 3 aromatic rings. The van der Waals surface area contributed by atoms with Gasteiger partial charge in [0.05, 0.1) is 11.9 Å². The van der Waals surface area contributed by atoms with Crippen LogP contribution < -0.4 is 15.4 Å². The van der Waals surface area contributed by atoms with Gasteiger partial charge in [-0.25, -0.2) is 4.39 Å². The average Bonchev–Trinajstić information content (AvgIpc) is 2.96. The van der Waals surface area contributed by atoms with E-state index in [4.69, 9.17) is 4.74 Å². The molecule has 7 nitrogen and oxygen atoms in total. The predicted molar refractivity (Wildman–Crippen MR) is 110 cm³/mol. The Morgan fingerprint density at radius 1 is 1.21 bits per heavy atom. The molecule has 29 heavy (non-hydrogen) atoms. The summed E-state index contributed by atoms with van der Waals surface area (Å²) in [4.78, 5) is 8.18. The summed E-state index contributed by atoms with van der Waals surface area (Å²) in [6.07, 6.45) is 3.17. The van der Waals surface area contributed by atoms with Crippen LogP contribution in [0.2, 0.25) is 0 Å². The zero-order valence-corrected chi connectivity index (χ0v) is 17.0. The molecule has 8 heteroatoms. The normalized spacial score (nSPS) is 11.4. The van der Waals surface area contributed by atoms with Gasteiger partial charge in [-0.15, -0.1) is 0 Å². The van der Waals surface area contributed by atoms with Crippen LogP contribution in [0, 0.1) is 19.7 Å². The van der Waals surface area contributed by atoms with E-state index in [0.29, 0.717) is 24.8 Å². The molecule has 0 fully saturated rings. The number of aromatic nitrogens is 3. The molecule has 2 N–H and O–H groups in total. The third-order valence-electron chi connectivity index (χ3n) is 4.63. The Balaban J connectivity index is 1.57. The van der Waals surface area contributed by atoms with Crippen LogP contribution in [0.1, 0.15) is 22.5 Å². The molecule has 2 aromatic heterocycles. The van der Waals surface area contributed by atoms with Gasteiger partial charge in [-0.05, 0) is 43.7 Å². The number of ether oxygens (including phenoxy) is 1. The first-order chi connectivity index (χ1) is 14.0. The third-order valence-corrected chi connectivity index (χ3v) is 4.63. The maximum absolute atomic E-state index is 14.4. The molecule has 0 amide bonds. The molecule has 0 saturated heterocycles. The molecule has 0 bridgehead atoms. The Kier molecular flexibility index (Phi) is 6.43. The van der Waals surface area contributed by atoms with Crippen molar-refractivity contribution in [1.29, 1.82) is 0 Å². The van der Waals surface area contributed by atoms with Crippen molar-refractivity contribution in [1.82, 2.24) is 25.4 Å². The number of aryl methyl sites for hydroxylation is 2. The zero-order valence-electron chi connectivity index (χ0n) is 17.0. The molecule has 0 atom stereocenters. The minimum absolute atomic E-state index is 0.159. The predicted octanol–water partition coefficient (Wildman–Crippen LogP) is 3.23. The molecule has 0 unspecified atom stereocenters. The van der Waals surface area contributed by atoms with Crippen molar-refractivity contribution in [3.05, 3.63) is 71.1 Å². The van der Waals surface area contributed by atoms with E-state index in [1.165, 1.54) is 12.3 Å². The molecule has 0 aliphatic rings. The quantitative estimate of drug-likeness (QED) is 0.494. The first-order valence-electron chi connectivity index (χ1n) is 9.28. The highest BCUT2D eigenvalue weighted by Crippen LogP contribution is 2.24. The molecule has 0 spiro atoms. The number of benzene rings is 1. The summed E-state index contributed by atoms with van der Waals surface area (Å²) < 4.78 is 21.8. The molecule has 0 saturated carbocycles. The van der Waals surface area contributed by atoms with Crippen LogP contribution in [0.5, 0.6) is 11.5 Å². The van der Waals surface area contributed by atoms with Crippen LogP contribution in [0.3, 0.4) is 0 Å². The number of nitrogens with one attached hydrogen (secondary N) is 2. The second-order valence-electron chi connectivity index (χ2n) is 6.61. The first-order valence-corrected chi connectivity index (χ1v) is 9.28. The minimum atomic E-state index is -0.433. The largest absolute Gasteiger partial charge is 0.453 e. The highest BCUT2D eigenvalue weighted by Gasteiger charge is 2.10. The zero-order chi connectivity index (χ0) is 20.8. The molecular formula is C21H25FN6O. The molecule has 0 radical (unpaired) electrons. The Hall–Kier alpha value is -3.42. The van der Waals surface area contributed by atoms with Crippen LogP contribution >= 0.6 is 0 Å². The van der Waals surface area contributed by atoms with Crippen molar-refractivity contribution < 1.29 is 9.13 Å². The number of hydrogen-bond donors (Lipinski definition) is 2. The van der Waals surface area contributed by atoms with Gasteiger partial charge in [0.25, 0.3) is 0 Å². The maximum Gasteiger partial charge on any atom is 0.191 e. The summed E-state index contributed by atoms with van der Waals surface area (Å²) in [5.74, 6) is 0.844. The number of aliphatic imine (C=N–C) groups is 1. The fourth-order valence-electron chi connectivity index (χ4n) is 2.92. The van der Waals surface area contributed by atoms with Crippen LogP contribution in [0.4, 0.5) is 4.39 Å². The number of rotatable bonds is 6. The second kappa shape index (κ2) is 9.18. The molecule has 1 aromatic carbocycles. The van der Waals surface area contributed by atoms with E-state index < -0.39 is 5.82 Å². The molecule has 152 valence electrons. The van der Waals surface area contributed by atoms with Crippen LogP contribution in [-0.2, 0) is 20.1 Å². The number of guanidine groups is 1. The Labute approximate surface area is 169 Å². The second-order valence-corrected chi connectivity index (χ2v) is 6.61. The lowest BCUT2D eigenvalue weighted by molar-refractivity contribution is 0.440. The molecule has 0 aliphatic heterocycles. The summed E-state index contributed by atoms with van der Waals surface area (Å²) in [6, 6.07) is 8.33.